The number of urea groups is 1. The zero-order chi connectivity index (χ0) is 18.6. The predicted octanol–water partition coefficient (Wildman–Crippen LogP) is 0.153. The highest BCUT2D eigenvalue weighted by Gasteiger charge is 2.22. The van der Waals surface area contributed by atoms with Gasteiger partial charge in [-0.15, -0.1) is 11.3 Å². The Morgan fingerprint density at radius 1 is 1.26 bits per heavy atom. The molecule has 2 aromatic rings. The molecule has 0 radical (unpaired) electrons. The van der Waals surface area contributed by atoms with Crippen molar-refractivity contribution in [1.82, 2.24) is 35.0 Å². The fraction of sp³-hybridized carbons (Fsp3) is 0.529. The fourth-order valence-electron chi connectivity index (χ4n) is 3.46. The SMILES string of the molecule is O=C(NCCN1CCNC1=O)c1cnc2n1CCN(Cc1nccs1)CC2. The number of hydrogen-bond acceptors (Lipinski definition) is 6. The van der Waals surface area contributed by atoms with Gasteiger partial charge in [-0.1, -0.05) is 0 Å². The third kappa shape index (κ3) is 4.11. The topological polar surface area (TPSA) is 95.4 Å². The van der Waals surface area contributed by atoms with Gasteiger partial charge >= 0.3 is 6.03 Å². The first-order chi connectivity index (χ1) is 13.2. The van der Waals surface area contributed by atoms with Gasteiger partial charge < -0.3 is 20.1 Å². The number of nitrogens with one attached hydrogen (secondary N) is 2. The molecule has 0 aliphatic carbocycles. The van der Waals surface area contributed by atoms with Gasteiger partial charge in [0.25, 0.3) is 5.91 Å². The third-order valence-electron chi connectivity index (χ3n) is 4.92. The maximum Gasteiger partial charge on any atom is 0.317 e. The Bertz CT molecular complexity index is 804. The van der Waals surface area contributed by atoms with Gasteiger partial charge in [0.1, 0.15) is 16.5 Å². The minimum absolute atomic E-state index is 0.0669. The summed E-state index contributed by atoms with van der Waals surface area (Å²) in [5, 5.41) is 8.76. The van der Waals surface area contributed by atoms with E-state index in [2.05, 4.69) is 25.5 Å². The molecule has 0 atom stereocenters. The van der Waals surface area contributed by atoms with Crippen molar-refractivity contribution < 1.29 is 9.59 Å². The van der Waals surface area contributed by atoms with Gasteiger partial charge in [0.2, 0.25) is 0 Å². The van der Waals surface area contributed by atoms with Crippen LogP contribution in [0.2, 0.25) is 0 Å². The van der Waals surface area contributed by atoms with E-state index < -0.39 is 0 Å². The van der Waals surface area contributed by atoms with Crippen molar-refractivity contribution in [1.29, 1.82) is 0 Å². The number of nitrogens with zero attached hydrogens (tertiary/aromatic N) is 5. The third-order valence-corrected chi connectivity index (χ3v) is 5.68. The van der Waals surface area contributed by atoms with E-state index in [0.29, 0.717) is 31.9 Å². The highest BCUT2D eigenvalue weighted by Crippen LogP contribution is 2.15. The molecule has 0 aromatic carbocycles. The average molecular weight is 389 g/mol. The standard InChI is InChI=1S/C17H23N7O2S/c25-16(19-2-6-23-7-3-20-17(23)26)13-11-21-14-1-5-22(8-9-24(13)14)12-15-18-4-10-27-15/h4,10-11H,1-3,5-9,12H2,(H,19,25)(H,20,26). The summed E-state index contributed by atoms with van der Waals surface area (Å²) in [5.74, 6) is 0.808. The maximum atomic E-state index is 12.6. The predicted molar refractivity (Wildman–Crippen MR) is 101 cm³/mol. The molecule has 2 N–H and O–H groups in total. The summed E-state index contributed by atoms with van der Waals surface area (Å²) >= 11 is 1.67. The molecule has 0 bridgehead atoms. The molecular weight excluding hydrogens is 366 g/mol. The van der Waals surface area contributed by atoms with Gasteiger partial charge in [0.15, 0.2) is 0 Å². The molecule has 0 spiro atoms. The van der Waals surface area contributed by atoms with Crippen molar-refractivity contribution in [2.24, 2.45) is 0 Å². The zero-order valence-electron chi connectivity index (χ0n) is 15.1. The normalized spacial score (nSPS) is 17.5. The summed E-state index contributed by atoms with van der Waals surface area (Å²) in [6, 6.07) is -0.0669. The summed E-state index contributed by atoms with van der Waals surface area (Å²) in [4.78, 5) is 37.0. The molecular formula is C17H23N7O2S. The van der Waals surface area contributed by atoms with Crippen LogP contribution in [0, 0.1) is 0 Å². The Labute approximate surface area is 161 Å². The van der Waals surface area contributed by atoms with E-state index in [-0.39, 0.29) is 11.9 Å². The van der Waals surface area contributed by atoms with Crippen LogP contribution in [0.3, 0.4) is 0 Å². The van der Waals surface area contributed by atoms with Crippen LogP contribution in [-0.2, 0) is 19.5 Å². The largest absolute Gasteiger partial charge is 0.349 e. The maximum absolute atomic E-state index is 12.6. The second kappa shape index (κ2) is 8.05. The van der Waals surface area contributed by atoms with E-state index in [9.17, 15) is 9.59 Å². The van der Waals surface area contributed by atoms with Gasteiger partial charge in [-0.2, -0.15) is 0 Å². The number of hydrogen-bond donors (Lipinski definition) is 2. The van der Waals surface area contributed by atoms with Gasteiger partial charge in [-0.25, -0.2) is 14.8 Å². The fourth-order valence-corrected chi connectivity index (χ4v) is 4.11. The number of imidazole rings is 1. The second-order valence-electron chi connectivity index (χ2n) is 6.64. The van der Waals surface area contributed by atoms with Crippen molar-refractivity contribution in [2.45, 2.75) is 19.5 Å². The first-order valence-electron chi connectivity index (χ1n) is 9.17. The number of rotatable bonds is 6. The quantitative estimate of drug-likeness (QED) is 0.734. The van der Waals surface area contributed by atoms with Crippen molar-refractivity contribution in [3.63, 3.8) is 0 Å². The number of carbonyl (C=O) groups excluding carboxylic acids is 2. The van der Waals surface area contributed by atoms with Gasteiger partial charge in [-0.05, 0) is 0 Å². The Morgan fingerprint density at radius 3 is 2.96 bits per heavy atom. The van der Waals surface area contributed by atoms with E-state index >= 15 is 0 Å². The first kappa shape index (κ1) is 17.9. The van der Waals surface area contributed by atoms with E-state index in [1.807, 2.05) is 16.1 Å². The molecule has 4 heterocycles. The minimum Gasteiger partial charge on any atom is -0.349 e. The van der Waals surface area contributed by atoms with Crippen LogP contribution in [0.25, 0.3) is 0 Å². The monoisotopic (exact) mass is 389 g/mol. The van der Waals surface area contributed by atoms with Crippen LogP contribution in [0.4, 0.5) is 4.79 Å². The van der Waals surface area contributed by atoms with Crippen molar-refractivity contribution in [3.8, 4) is 0 Å². The molecule has 1 fully saturated rings. The van der Waals surface area contributed by atoms with E-state index in [1.54, 1.807) is 22.4 Å². The summed E-state index contributed by atoms with van der Waals surface area (Å²) in [7, 11) is 0. The molecule has 2 aliphatic heterocycles. The minimum atomic E-state index is -0.137. The summed E-state index contributed by atoms with van der Waals surface area (Å²) in [5.41, 5.74) is 0.590. The molecule has 1 saturated heterocycles. The molecule has 144 valence electrons. The highest BCUT2D eigenvalue weighted by molar-refractivity contribution is 7.09. The van der Waals surface area contributed by atoms with Crippen LogP contribution < -0.4 is 10.6 Å². The van der Waals surface area contributed by atoms with Gasteiger partial charge in [-0.3, -0.25) is 9.69 Å². The number of carbonyl (C=O) groups is 2. The van der Waals surface area contributed by atoms with Crippen LogP contribution in [0.1, 0.15) is 21.3 Å². The van der Waals surface area contributed by atoms with Gasteiger partial charge in [0.05, 0.1) is 12.7 Å². The first-order valence-corrected chi connectivity index (χ1v) is 10.0. The molecule has 0 unspecified atom stereocenters. The molecule has 0 saturated carbocycles. The molecule has 10 heteroatoms. The average Bonchev–Trinajstić information content (AvgIpc) is 3.37. The van der Waals surface area contributed by atoms with Crippen molar-refractivity contribution in [3.05, 3.63) is 34.3 Å². The summed E-state index contributed by atoms with van der Waals surface area (Å²) in [6.45, 7) is 5.63. The Balaban J connectivity index is 1.32. The van der Waals surface area contributed by atoms with E-state index in [0.717, 1.165) is 43.4 Å². The number of aromatic nitrogens is 3. The van der Waals surface area contributed by atoms with Crippen LogP contribution in [0.15, 0.2) is 17.8 Å². The second-order valence-corrected chi connectivity index (χ2v) is 7.62. The smallest absolute Gasteiger partial charge is 0.317 e. The molecule has 27 heavy (non-hydrogen) atoms. The van der Waals surface area contributed by atoms with E-state index in [4.69, 9.17) is 0 Å². The van der Waals surface area contributed by atoms with Crippen LogP contribution >= 0.6 is 11.3 Å². The van der Waals surface area contributed by atoms with E-state index in [1.165, 1.54) is 0 Å². The Morgan fingerprint density at radius 2 is 2.19 bits per heavy atom. The lowest BCUT2D eigenvalue weighted by Crippen LogP contribution is -2.37. The number of fused-ring (bicyclic) bond motifs is 1. The molecule has 2 aliphatic rings. The Kier molecular flexibility index (Phi) is 5.35. The lowest BCUT2D eigenvalue weighted by atomic mass is 10.3. The zero-order valence-corrected chi connectivity index (χ0v) is 15.9. The summed E-state index contributed by atoms with van der Waals surface area (Å²) in [6.07, 6.45) is 4.30. The Hall–Kier alpha value is -2.46. The number of thiazole rings is 1. The van der Waals surface area contributed by atoms with Crippen molar-refractivity contribution >= 4 is 23.3 Å². The molecule has 2 aromatic heterocycles. The molecule has 9 nitrogen and oxygen atoms in total. The lowest BCUT2D eigenvalue weighted by Gasteiger charge is -2.18. The van der Waals surface area contributed by atoms with Gasteiger partial charge in [0, 0.05) is 63.8 Å². The van der Waals surface area contributed by atoms with Crippen LogP contribution in [-0.4, -0.2) is 75.5 Å². The molecule has 3 amide bonds. The lowest BCUT2D eigenvalue weighted by molar-refractivity contribution is 0.0940. The van der Waals surface area contributed by atoms with Crippen LogP contribution in [0.5, 0.6) is 0 Å². The molecule has 4 rings (SSSR count). The van der Waals surface area contributed by atoms with Crippen molar-refractivity contribution in [2.75, 3.05) is 39.3 Å². The highest BCUT2D eigenvalue weighted by atomic mass is 32.1. The number of amides is 3. The summed E-state index contributed by atoms with van der Waals surface area (Å²) < 4.78 is 2.01.